The van der Waals surface area contributed by atoms with Crippen LogP contribution in [0.1, 0.15) is 11.3 Å². The summed E-state index contributed by atoms with van der Waals surface area (Å²) in [5.41, 5.74) is 1.53. The Labute approximate surface area is 158 Å². The van der Waals surface area contributed by atoms with Gasteiger partial charge in [0, 0.05) is 11.6 Å². The second kappa shape index (κ2) is 8.95. The monoisotopic (exact) mass is 395 g/mol. The van der Waals surface area contributed by atoms with Crippen LogP contribution >= 0.6 is 11.6 Å². The number of alkyl carbamates (subject to hydrolysis) is 1. The predicted octanol–water partition coefficient (Wildman–Crippen LogP) is 2.41. The molecule has 0 saturated heterocycles. The van der Waals surface area contributed by atoms with Crippen molar-refractivity contribution in [3.8, 4) is 5.69 Å². The standard InChI is InChI=1S/C17H15ClFN3O5/c1-10-13(7-8-15(24)27-9-14(23)20-17(25)26-2)16(18)22(21-10)12-5-3-11(19)4-6-12/h3-8H,9H2,1-2H3,(H,20,23,25)/b8-7+. The lowest BCUT2D eigenvalue weighted by Gasteiger charge is -2.03. The van der Waals surface area contributed by atoms with Gasteiger partial charge in [0.1, 0.15) is 11.0 Å². The van der Waals surface area contributed by atoms with E-state index in [4.69, 9.17) is 16.3 Å². The number of nitrogens with zero attached hydrogens (tertiary/aromatic N) is 2. The van der Waals surface area contributed by atoms with E-state index < -0.39 is 30.4 Å². The van der Waals surface area contributed by atoms with Crippen molar-refractivity contribution in [1.29, 1.82) is 0 Å². The Morgan fingerprint density at radius 1 is 1.30 bits per heavy atom. The zero-order chi connectivity index (χ0) is 20.0. The van der Waals surface area contributed by atoms with Crippen LogP contribution in [0.5, 0.6) is 0 Å². The number of hydrogen-bond acceptors (Lipinski definition) is 6. The molecule has 1 heterocycles. The Morgan fingerprint density at radius 3 is 2.59 bits per heavy atom. The van der Waals surface area contributed by atoms with Crippen LogP contribution in [0.15, 0.2) is 30.3 Å². The van der Waals surface area contributed by atoms with Crippen LogP contribution < -0.4 is 5.32 Å². The average molecular weight is 396 g/mol. The smallest absolute Gasteiger partial charge is 0.413 e. The van der Waals surface area contributed by atoms with Crippen molar-refractivity contribution in [3.63, 3.8) is 0 Å². The number of methoxy groups -OCH3 is 1. The molecule has 2 aromatic rings. The van der Waals surface area contributed by atoms with Crippen molar-refractivity contribution >= 4 is 35.6 Å². The summed E-state index contributed by atoms with van der Waals surface area (Å²) in [6.45, 7) is 1.03. The van der Waals surface area contributed by atoms with Crippen molar-refractivity contribution in [3.05, 3.63) is 52.6 Å². The summed E-state index contributed by atoms with van der Waals surface area (Å²) < 4.78 is 23.4. The van der Waals surface area contributed by atoms with Gasteiger partial charge in [-0.2, -0.15) is 5.10 Å². The Bertz CT molecular complexity index is 893. The summed E-state index contributed by atoms with van der Waals surface area (Å²) in [6.07, 6.45) is 1.49. The predicted molar refractivity (Wildman–Crippen MR) is 93.8 cm³/mol. The summed E-state index contributed by atoms with van der Waals surface area (Å²) in [5.74, 6) is -2.04. The maximum absolute atomic E-state index is 13.0. The number of carbonyl (C=O) groups is 3. The van der Waals surface area contributed by atoms with Crippen LogP contribution in [0.2, 0.25) is 5.15 Å². The third kappa shape index (κ3) is 5.38. The zero-order valence-electron chi connectivity index (χ0n) is 14.4. The lowest BCUT2D eigenvalue weighted by Crippen LogP contribution is -2.33. The van der Waals surface area contributed by atoms with Gasteiger partial charge in [0.2, 0.25) is 0 Å². The summed E-state index contributed by atoms with van der Waals surface area (Å²) in [5, 5.41) is 6.30. The molecule has 1 aromatic carbocycles. The first kappa shape index (κ1) is 20.1. The van der Waals surface area contributed by atoms with E-state index in [0.717, 1.165) is 13.2 Å². The van der Waals surface area contributed by atoms with Gasteiger partial charge in [-0.25, -0.2) is 18.7 Å². The molecular weight excluding hydrogens is 381 g/mol. The number of ether oxygens (including phenoxy) is 2. The van der Waals surface area contributed by atoms with Crippen molar-refractivity contribution in [2.75, 3.05) is 13.7 Å². The molecule has 0 unspecified atom stereocenters. The maximum atomic E-state index is 13.0. The number of amides is 2. The van der Waals surface area contributed by atoms with Gasteiger partial charge in [-0.3, -0.25) is 10.1 Å². The highest BCUT2D eigenvalue weighted by molar-refractivity contribution is 6.31. The Hall–Kier alpha value is -3.20. The third-order valence-electron chi connectivity index (χ3n) is 3.28. The molecule has 2 amide bonds. The Morgan fingerprint density at radius 2 is 1.96 bits per heavy atom. The summed E-state index contributed by atoms with van der Waals surface area (Å²) in [6, 6.07) is 5.56. The quantitative estimate of drug-likeness (QED) is 0.616. The van der Waals surface area contributed by atoms with E-state index in [1.54, 1.807) is 6.92 Å². The molecule has 0 saturated carbocycles. The average Bonchev–Trinajstić information content (AvgIpc) is 2.92. The molecule has 1 aromatic heterocycles. The number of esters is 1. The molecule has 27 heavy (non-hydrogen) atoms. The first-order chi connectivity index (χ1) is 12.8. The molecule has 0 radical (unpaired) electrons. The van der Waals surface area contributed by atoms with Gasteiger partial charge in [-0.1, -0.05) is 11.6 Å². The minimum absolute atomic E-state index is 0.214. The number of rotatable bonds is 5. The summed E-state index contributed by atoms with van der Waals surface area (Å²) >= 11 is 6.28. The minimum atomic E-state index is -0.956. The van der Waals surface area contributed by atoms with Crippen molar-refractivity contribution < 1.29 is 28.2 Å². The molecule has 2 rings (SSSR count). The van der Waals surface area contributed by atoms with Crippen LogP contribution in [0.4, 0.5) is 9.18 Å². The van der Waals surface area contributed by atoms with Gasteiger partial charge in [0.25, 0.3) is 5.91 Å². The number of aryl methyl sites for hydroxylation is 1. The highest BCUT2D eigenvalue weighted by Gasteiger charge is 2.14. The van der Waals surface area contributed by atoms with Gasteiger partial charge in [-0.15, -0.1) is 0 Å². The van der Waals surface area contributed by atoms with Gasteiger partial charge in [-0.05, 0) is 37.3 Å². The minimum Gasteiger partial charge on any atom is -0.453 e. The highest BCUT2D eigenvalue weighted by atomic mass is 35.5. The molecule has 0 fully saturated rings. The van der Waals surface area contributed by atoms with Crippen LogP contribution in [0, 0.1) is 12.7 Å². The van der Waals surface area contributed by atoms with Crippen LogP contribution in [0.25, 0.3) is 11.8 Å². The Kier molecular flexibility index (Phi) is 6.67. The third-order valence-corrected chi connectivity index (χ3v) is 3.64. The van der Waals surface area contributed by atoms with E-state index in [9.17, 15) is 18.8 Å². The fraction of sp³-hybridized carbons (Fsp3) is 0.176. The summed E-state index contributed by atoms with van der Waals surface area (Å²) in [7, 11) is 1.09. The van der Waals surface area contributed by atoms with Gasteiger partial charge >= 0.3 is 12.1 Å². The second-order valence-electron chi connectivity index (χ2n) is 5.16. The van der Waals surface area contributed by atoms with E-state index >= 15 is 0 Å². The number of carbonyl (C=O) groups excluding carboxylic acids is 3. The van der Waals surface area contributed by atoms with Crippen molar-refractivity contribution in [1.82, 2.24) is 15.1 Å². The molecule has 0 atom stereocenters. The number of nitrogens with one attached hydrogen (secondary N) is 1. The fourth-order valence-electron chi connectivity index (χ4n) is 1.99. The number of aromatic nitrogens is 2. The SMILES string of the molecule is COC(=O)NC(=O)COC(=O)/C=C/c1c(C)nn(-c2ccc(F)cc2)c1Cl. The molecule has 142 valence electrons. The van der Waals surface area contributed by atoms with Crippen molar-refractivity contribution in [2.24, 2.45) is 0 Å². The van der Waals surface area contributed by atoms with Gasteiger partial charge < -0.3 is 9.47 Å². The largest absolute Gasteiger partial charge is 0.453 e. The van der Waals surface area contributed by atoms with E-state index in [1.807, 2.05) is 5.32 Å². The Balaban J connectivity index is 2.04. The van der Waals surface area contributed by atoms with Gasteiger partial charge in [0.05, 0.1) is 18.5 Å². The molecule has 1 N–H and O–H groups in total. The van der Waals surface area contributed by atoms with E-state index in [1.165, 1.54) is 35.0 Å². The zero-order valence-corrected chi connectivity index (χ0v) is 15.1. The molecule has 8 nitrogen and oxygen atoms in total. The molecule has 0 spiro atoms. The number of imide groups is 1. The molecule has 0 bridgehead atoms. The van der Waals surface area contributed by atoms with Crippen LogP contribution in [-0.2, 0) is 19.1 Å². The number of benzene rings is 1. The molecular formula is C17H15ClFN3O5. The van der Waals surface area contributed by atoms with E-state index in [2.05, 4.69) is 9.84 Å². The van der Waals surface area contributed by atoms with Gasteiger partial charge in [0.15, 0.2) is 6.61 Å². The van der Waals surface area contributed by atoms with E-state index in [-0.39, 0.29) is 5.15 Å². The molecule has 0 aliphatic rings. The van der Waals surface area contributed by atoms with Crippen LogP contribution in [-0.4, -0.2) is 41.5 Å². The fourth-order valence-corrected chi connectivity index (χ4v) is 2.33. The molecule has 0 aliphatic heterocycles. The topological polar surface area (TPSA) is 99.5 Å². The van der Waals surface area contributed by atoms with Crippen molar-refractivity contribution in [2.45, 2.75) is 6.92 Å². The van der Waals surface area contributed by atoms with E-state index in [0.29, 0.717) is 16.9 Å². The first-order valence-corrected chi connectivity index (χ1v) is 7.93. The summed E-state index contributed by atoms with van der Waals surface area (Å²) in [4.78, 5) is 33.8. The number of hydrogen-bond donors (Lipinski definition) is 1. The second-order valence-corrected chi connectivity index (χ2v) is 5.52. The maximum Gasteiger partial charge on any atom is 0.413 e. The number of halogens is 2. The normalized spacial score (nSPS) is 10.7. The highest BCUT2D eigenvalue weighted by Crippen LogP contribution is 2.24. The van der Waals surface area contributed by atoms with Crippen LogP contribution in [0.3, 0.4) is 0 Å². The molecule has 0 aliphatic carbocycles. The first-order valence-electron chi connectivity index (χ1n) is 7.55. The lowest BCUT2D eigenvalue weighted by molar-refractivity contribution is -0.143. The molecule has 10 heteroatoms. The lowest BCUT2D eigenvalue weighted by atomic mass is 10.2.